The minimum absolute atomic E-state index is 0.0238. The maximum absolute atomic E-state index is 11.7. The third kappa shape index (κ3) is 2.51. The first kappa shape index (κ1) is 14.6. The molecule has 4 rings (SSSR count). The zero-order valence-corrected chi connectivity index (χ0v) is 13.1. The highest BCUT2D eigenvalue weighted by Crippen LogP contribution is 2.26. The molecule has 126 valence electrons. The topological polar surface area (TPSA) is 97.6 Å². The molecule has 0 spiro atoms. The molecule has 3 saturated heterocycles. The summed E-state index contributed by atoms with van der Waals surface area (Å²) in [5, 5.41) is 15.0. The number of tetrazole rings is 1. The van der Waals surface area contributed by atoms with E-state index in [0.29, 0.717) is 32.8 Å². The van der Waals surface area contributed by atoms with Crippen LogP contribution in [0.1, 0.15) is 6.42 Å². The van der Waals surface area contributed by atoms with Crippen molar-refractivity contribution in [2.24, 2.45) is 0 Å². The quantitative estimate of drug-likeness (QED) is 0.735. The van der Waals surface area contributed by atoms with Gasteiger partial charge in [0.1, 0.15) is 5.60 Å². The second-order valence-corrected chi connectivity index (χ2v) is 6.31. The molecule has 0 aliphatic carbocycles. The Morgan fingerprint density at radius 2 is 2.39 bits per heavy atom. The van der Waals surface area contributed by atoms with Gasteiger partial charge in [-0.25, -0.2) is 9.48 Å². The van der Waals surface area contributed by atoms with E-state index >= 15 is 0 Å². The second-order valence-electron chi connectivity index (χ2n) is 6.31. The number of ether oxygens (including phenoxy) is 2. The van der Waals surface area contributed by atoms with Crippen LogP contribution in [0.3, 0.4) is 0 Å². The minimum atomic E-state index is -0.364. The molecule has 3 aliphatic heterocycles. The van der Waals surface area contributed by atoms with E-state index in [1.54, 1.807) is 11.8 Å². The van der Waals surface area contributed by atoms with Crippen LogP contribution in [0.2, 0.25) is 0 Å². The Hall–Kier alpha value is -1.94. The van der Waals surface area contributed by atoms with Crippen LogP contribution in [0.15, 0.2) is 0 Å². The molecule has 2 amide bonds. The smallest absolute Gasteiger partial charge is 0.317 e. The van der Waals surface area contributed by atoms with Crippen LogP contribution >= 0.6 is 0 Å². The van der Waals surface area contributed by atoms with E-state index < -0.39 is 0 Å². The molecule has 0 aromatic carbocycles. The van der Waals surface area contributed by atoms with E-state index in [-0.39, 0.29) is 17.7 Å². The van der Waals surface area contributed by atoms with Crippen LogP contribution in [-0.2, 0) is 16.0 Å². The van der Waals surface area contributed by atoms with Crippen LogP contribution in [0, 0.1) is 0 Å². The van der Waals surface area contributed by atoms with Gasteiger partial charge in [-0.2, -0.15) is 0 Å². The van der Waals surface area contributed by atoms with Crippen molar-refractivity contribution in [1.82, 2.24) is 30.4 Å². The molecule has 2 atom stereocenters. The molecule has 1 aromatic heterocycles. The normalized spacial score (nSPS) is 30.7. The molecular formula is C13H21N7O3. The van der Waals surface area contributed by atoms with E-state index in [9.17, 15) is 4.79 Å². The monoisotopic (exact) mass is 323 g/mol. The zero-order valence-electron chi connectivity index (χ0n) is 13.1. The molecule has 0 bridgehead atoms. The van der Waals surface area contributed by atoms with Crippen molar-refractivity contribution in [2.75, 3.05) is 51.4 Å². The summed E-state index contributed by atoms with van der Waals surface area (Å²) in [4.78, 5) is 15.7. The largest absolute Gasteiger partial charge is 0.378 e. The van der Waals surface area contributed by atoms with E-state index in [1.165, 1.54) is 0 Å². The molecule has 1 aromatic rings. The van der Waals surface area contributed by atoms with Crippen LogP contribution in [0.5, 0.6) is 0 Å². The highest BCUT2D eigenvalue weighted by Gasteiger charge is 2.39. The van der Waals surface area contributed by atoms with Crippen LogP contribution < -0.4 is 10.2 Å². The Bertz CT molecular complexity index is 586. The number of carbonyl (C=O) groups is 1. The fourth-order valence-electron chi connectivity index (χ4n) is 3.53. The predicted octanol–water partition coefficient (Wildman–Crippen LogP) is -1.31. The lowest BCUT2D eigenvalue weighted by Gasteiger charge is -2.37. The van der Waals surface area contributed by atoms with Gasteiger partial charge in [-0.15, -0.1) is 0 Å². The molecule has 4 heterocycles. The summed E-state index contributed by atoms with van der Waals surface area (Å²) >= 11 is 0. The fourth-order valence-corrected chi connectivity index (χ4v) is 3.53. The van der Waals surface area contributed by atoms with E-state index in [1.807, 2.05) is 4.90 Å². The number of anilines is 1. The highest BCUT2D eigenvalue weighted by atomic mass is 16.5. The number of urea groups is 1. The van der Waals surface area contributed by atoms with Gasteiger partial charge in [0.2, 0.25) is 5.95 Å². The number of aromatic nitrogens is 4. The van der Waals surface area contributed by atoms with Gasteiger partial charge in [-0.1, -0.05) is 5.10 Å². The molecule has 10 heteroatoms. The average Bonchev–Trinajstić information content (AvgIpc) is 3.29. The van der Waals surface area contributed by atoms with Crippen molar-refractivity contribution >= 4 is 12.0 Å². The highest BCUT2D eigenvalue weighted by molar-refractivity contribution is 5.77. The number of carbonyl (C=O) groups excluding carboxylic acids is 1. The molecule has 10 nitrogen and oxygen atoms in total. The lowest BCUT2D eigenvalue weighted by Crippen LogP contribution is -2.53. The SMILES string of the molecule is COC1(Cn2nnnc2N2CCN3C(=O)NCC3C2)CCOC1. The lowest BCUT2D eigenvalue weighted by atomic mass is 10.0. The van der Waals surface area contributed by atoms with Crippen molar-refractivity contribution in [2.45, 2.75) is 24.6 Å². The third-order valence-corrected chi connectivity index (χ3v) is 4.97. The van der Waals surface area contributed by atoms with Crippen molar-refractivity contribution in [3.8, 4) is 0 Å². The van der Waals surface area contributed by atoms with Gasteiger partial charge in [0.15, 0.2) is 0 Å². The predicted molar refractivity (Wildman–Crippen MR) is 79.1 cm³/mol. The number of fused-ring (bicyclic) bond motifs is 1. The Balaban J connectivity index is 1.50. The van der Waals surface area contributed by atoms with E-state index in [2.05, 4.69) is 25.7 Å². The third-order valence-electron chi connectivity index (χ3n) is 4.97. The van der Waals surface area contributed by atoms with E-state index in [4.69, 9.17) is 9.47 Å². The van der Waals surface area contributed by atoms with Gasteiger partial charge in [0.25, 0.3) is 0 Å². The number of methoxy groups -OCH3 is 1. The van der Waals surface area contributed by atoms with Crippen molar-refractivity contribution in [3.63, 3.8) is 0 Å². The number of hydrogen-bond donors (Lipinski definition) is 1. The van der Waals surface area contributed by atoms with Crippen LogP contribution in [0.25, 0.3) is 0 Å². The molecule has 3 aliphatic rings. The van der Waals surface area contributed by atoms with Gasteiger partial charge in [-0.3, -0.25) is 0 Å². The number of rotatable bonds is 4. The van der Waals surface area contributed by atoms with Crippen molar-refractivity contribution in [1.29, 1.82) is 0 Å². The van der Waals surface area contributed by atoms with Crippen molar-refractivity contribution < 1.29 is 14.3 Å². The van der Waals surface area contributed by atoms with Gasteiger partial charge < -0.3 is 24.6 Å². The average molecular weight is 323 g/mol. The molecule has 1 N–H and O–H groups in total. The molecule has 0 saturated carbocycles. The lowest BCUT2D eigenvalue weighted by molar-refractivity contribution is -0.0318. The van der Waals surface area contributed by atoms with Crippen molar-refractivity contribution in [3.05, 3.63) is 0 Å². The Morgan fingerprint density at radius 3 is 3.17 bits per heavy atom. The second kappa shape index (κ2) is 5.60. The molecule has 23 heavy (non-hydrogen) atoms. The van der Waals surface area contributed by atoms with Gasteiger partial charge in [0.05, 0.1) is 19.2 Å². The van der Waals surface area contributed by atoms with E-state index in [0.717, 1.165) is 25.5 Å². The maximum Gasteiger partial charge on any atom is 0.317 e. The molecule has 2 unspecified atom stereocenters. The standard InChI is InChI=1S/C13H21N7O3/c1-22-13(2-5-23-9-13)8-20-11(15-16-17-20)18-3-4-19-10(7-18)6-14-12(19)21/h10H,2-9H2,1H3,(H,14,21). The Kier molecular flexibility index (Phi) is 3.57. The number of nitrogens with one attached hydrogen (secondary N) is 1. The summed E-state index contributed by atoms with van der Waals surface area (Å²) in [6, 6.07) is 0.197. The number of hydrogen-bond acceptors (Lipinski definition) is 7. The number of nitrogens with zero attached hydrogens (tertiary/aromatic N) is 6. The first-order valence-electron chi connectivity index (χ1n) is 7.89. The van der Waals surface area contributed by atoms with Gasteiger partial charge >= 0.3 is 6.03 Å². The molecule has 0 radical (unpaired) electrons. The first-order valence-corrected chi connectivity index (χ1v) is 7.89. The summed E-state index contributed by atoms with van der Waals surface area (Å²) in [7, 11) is 1.70. The first-order chi connectivity index (χ1) is 11.2. The Labute approximate surface area is 133 Å². The fraction of sp³-hybridized carbons (Fsp3) is 0.846. The van der Waals surface area contributed by atoms with Crippen LogP contribution in [0.4, 0.5) is 10.7 Å². The molecular weight excluding hydrogens is 302 g/mol. The zero-order chi connectivity index (χ0) is 15.9. The Morgan fingerprint density at radius 1 is 1.48 bits per heavy atom. The van der Waals surface area contributed by atoms with Crippen LogP contribution in [-0.4, -0.2) is 89.3 Å². The number of piperazine rings is 1. The van der Waals surface area contributed by atoms with Gasteiger partial charge in [0, 0.05) is 46.3 Å². The summed E-state index contributed by atoms with van der Waals surface area (Å²) in [6.45, 7) is 4.62. The van der Waals surface area contributed by atoms with Gasteiger partial charge in [-0.05, 0) is 10.4 Å². The summed E-state index contributed by atoms with van der Waals surface area (Å²) in [6.07, 6.45) is 0.831. The maximum atomic E-state index is 11.7. The number of amides is 2. The summed E-state index contributed by atoms with van der Waals surface area (Å²) in [5.41, 5.74) is -0.364. The minimum Gasteiger partial charge on any atom is -0.378 e. The summed E-state index contributed by atoms with van der Waals surface area (Å²) in [5.74, 6) is 0.729. The molecule has 3 fully saturated rings. The summed E-state index contributed by atoms with van der Waals surface area (Å²) < 4.78 is 12.9.